The summed E-state index contributed by atoms with van der Waals surface area (Å²) in [6.45, 7) is 9.78. The third kappa shape index (κ3) is 4.14. The van der Waals surface area contributed by atoms with Crippen LogP contribution in [0, 0.1) is 6.92 Å². The lowest BCUT2D eigenvalue weighted by Crippen LogP contribution is -2.46. The predicted octanol–water partition coefficient (Wildman–Crippen LogP) is 3.23. The van der Waals surface area contributed by atoms with E-state index >= 15 is 0 Å². The van der Waals surface area contributed by atoms with Gasteiger partial charge in [0.1, 0.15) is 15.8 Å². The van der Waals surface area contributed by atoms with Gasteiger partial charge < -0.3 is 9.64 Å². The quantitative estimate of drug-likeness (QED) is 0.515. The molecule has 1 amide bonds. The van der Waals surface area contributed by atoms with Crippen molar-refractivity contribution in [3.8, 4) is 0 Å². The normalized spacial score (nSPS) is 23.4. The summed E-state index contributed by atoms with van der Waals surface area (Å²) in [7, 11) is 0. The topological polar surface area (TPSA) is 67.2 Å². The van der Waals surface area contributed by atoms with Gasteiger partial charge in [-0.3, -0.25) is 18.9 Å². The fourth-order valence-corrected chi connectivity index (χ4v) is 5.36. The number of anilines is 1. The highest BCUT2D eigenvalue weighted by atomic mass is 32.2. The molecule has 0 unspecified atom stereocenters. The molecule has 31 heavy (non-hydrogen) atoms. The number of rotatable bonds is 4. The van der Waals surface area contributed by atoms with Crippen LogP contribution in [-0.4, -0.2) is 56.4 Å². The molecule has 2 saturated heterocycles. The number of ether oxygens (including phenoxy) is 1. The van der Waals surface area contributed by atoms with E-state index in [1.807, 2.05) is 39.8 Å². The molecule has 2 aromatic rings. The van der Waals surface area contributed by atoms with Crippen LogP contribution in [0.2, 0.25) is 0 Å². The van der Waals surface area contributed by atoms with Gasteiger partial charge in [0, 0.05) is 25.8 Å². The highest BCUT2D eigenvalue weighted by Crippen LogP contribution is 2.34. The number of hydrogen-bond acceptors (Lipinski definition) is 7. The van der Waals surface area contributed by atoms with E-state index in [1.54, 1.807) is 21.6 Å². The van der Waals surface area contributed by atoms with Gasteiger partial charge in [-0.2, -0.15) is 0 Å². The summed E-state index contributed by atoms with van der Waals surface area (Å²) in [4.78, 5) is 35.5. The Hall–Kier alpha value is -2.23. The van der Waals surface area contributed by atoms with Crippen LogP contribution < -0.4 is 10.5 Å². The number of fused-ring (bicyclic) bond motifs is 1. The maximum absolute atomic E-state index is 13.5. The lowest BCUT2D eigenvalue weighted by Gasteiger charge is -2.36. The number of aryl methyl sites for hydroxylation is 1. The highest BCUT2D eigenvalue weighted by Gasteiger charge is 2.33. The molecule has 0 spiro atoms. The predicted molar refractivity (Wildman–Crippen MR) is 129 cm³/mol. The Labute approximate surface area is 191 Å². The van der Waals surface area contributed by atoms with Crippen molar-refractivity contribution in [2.24, 2.45) is 0 Å². The van der Waals surface area contributed by atoms with Crippen LogP contribution in [0.5, 0.6) is 0 Å². The number of thioether (sulfide) groups is 1. The van der Waals surface area contributed by atoms with Crippen molar-refractivity contribution in [1.29, 1.82) is 0 Å². The molecule has 2 aliphatic heterocycles. The molecule has 0 N–H and O–H groups in total. The molecule has 2 aliphatic rings. The smallest absolute Gasteiger partial charge is 0.267 e. The number of nitrogens with zero attached hydrogens (tertiary/aromatic N) is 4. The van der Waals surface area contributed by atoms with E-state index in [2.05, 4.69) is 4.90 Å². The molecule has 2 atom stereocenters. The number of morpholine rings is 1. The second-order valence-corrected chi connectivity index (χ2v) is 9.71. The number of carbonyl (C=O) groups is 1. The van der Waals surface area contributed by atoms with Crippen molar-refractivity contribution in [2.45, 2.75) is 46.3 Å². The summed E-state index contributed by atoms with van der Waals surface area (Å²) in [5.41, 5.74) is 1.73. The number of carbonyl (C=O) groups excluding carboxylic acids is 1. The Morgan fingerprint density at radius 3 is 2.68 bits per heavy atom. The molecule has 7 nitrogen and oxygen atoms in total. The van der Waals surface area contributed by atoms with Crippen LogP contribution in [-0.2, 0) is 9.53 Å². The van der Waals surface area contributed by atoms with Gasteiger partial charge in [0.25, 0.3) is 11.5 Å². The summed E-state index contributed by atoms with van der Waals surface area (Å²) in [6, 6.07) is 3.76. The van der Waals surface area contributed by atoms with E-state index in [0.717, 1.165) is 12.0 Å². The Kier molecular flexibility index (Phi) is 6.18. The minimum Gasteiger partial charge on any atom is -0.372 e. The first-order valence-corrected chi connectivity index (χ1v) is 11.7. The van der Waals surface area contributed by atoms with Gasteiger partial charge in [0.05, 0.1) is 22.7 Å². The summed E-state index contributed by atoms with van der Waals surface area (Å²) >= 11 is 6.63. The molecule has 0 saturated carbocycles. The van der Waals surface area contributed by atoms with E-state index in [9.17, 15) is 9.59 Å². The van der Waals surface area contributed by atoms with Crippen LogP contribution in [0.4, 0.5) is 5.82 Å². The van der Waals surface area contributed by atoms with Gasteiger partial charge in [-0.25, -0.2) is 4.98 Å². The van der Waals surface area contributed by atoms with E-state index in [-0.39, 0.29) is 23.7 Å². The fourth-order valence-electron chi connectivity index (χ4n) is 4.07. The number of hydrogen-bond donors (Lipinski definition) is 0. The Morgan fingerprint density at radius 2 is 2.00 bits per heavy atom. The number of pyridine rings is 1. The molecule has 164 valence electrons. The van der Waals surface area contributed by atoms with Crippen molar-refractivity contribution in [3.05, 3.63) is 44.7 Å². The Morgan fingerprint density at radius 1 is 1.29 bits per heavy atom. The lowest BCUT2D eigenvalue weighted by molar-refractivity contribution is -0.122. The van der Waals surface area contributed by atoms with Crippen LogP contribution in [0.1, 0.15) is 38.3 Å². The average molecular weight is 459 g/mol. The average Bonchev–Trinajstić information content (AvgIpc) is 2.97. The summed E-state index contributed by atoms with van der Waals surface area (Å²) in [5, 5.41) is 0. The molecule has 0 bridgehead atoms. The van der Waals surface area contributed by atoms with Gasteiger partial charge in [-0.05, 0) is 44.9 Å². The van der Waals surface area contributed by atoms with Gasteiger partial charge >= 0.3 is 0 Å². The van der Waals surface area contributed by atoms with Crippen molar-refractivity contribution in [2.75, 3.05) is 24.5 Å². The Balaban J connectivity index is 1.89. The van der Waals surface area contributed by atoms with E-state index < -0.39 is 0 Å². The molecular weight excluding hydrogens is 432 g/mol. The van der Waals surface area contributed by atoms with E-state index in [4.69, 9.17) is 21.9 Å². The molecule has 0 radical (unpaired) electrons. The largest absolute Gasteiger partial charge is 0.372 e. The minimum atomic E-state index is -0.198. The number of aromatic nitrogens is 2. The van der Waals surface area contributed by atoms with Crippen LogP contribution in [0.3, 0.4) is 0 Å². The third-order valence-electron chi connectivity index (χ3n) is 5.38. The summed E-state index contributed by atoms with van der Waals surface area (Å²) in [5.74, 6) is 0.433. The highest BCUT2D eigenvalue weighted by molar-refractivity contribution is 8.26. The number of amides is 1. The fraction of sp³-hybridized carbons (Fsp3) is 0.455. The van der Waals surface area contributed by atoms with Gasteiger partial charge in [0.15, 0.2) is 0 Å². The molecule has 2 fully saturated rings. The standard InChI is InChI=1S/C22H26N4O3S2/c1-5-8-26-21(28)17(31-22(26)30)10-16-19(24-11-14(3)29-15(4)12-24)23-18-13(2)7-6-9-25(18)20(16)27/h6-7,9-10,14-15H,5,8,11-12H2,1-4H3/b17-10-/t14-,15+. The third-order valence-corrected chi connectivity index (χ3v) is 6.76. The van der Waals surface area contributed by atoms with Crippen molar-refractivity contribution in [3.63, 3.8) is 0 Å². The number of thiocarbonyl (C=S) groups is 1. The van der Waals surface area contributed by atoms with Crippen LogP contribution in [0.25, 0.3) is 11.7 Å². The van der Waals surface area contributed by atoms with Crippen molar-refractivity contribution >= 4 is 51.7 Å². The monoisotopic (exact) mass is 458 g/mol. The molecular formula is C22H26N4O3S2. The molecule has 0 aromatic carbocycles. The second kappa shape index (κ2) is 8.72. The lowest BCUT2D eigenvalue weighted by atomic mass is 10.1. The summed E-state index contributed by atoms with van der Waals surface area (Å²) < 4.78 is 7.95. The SMILES string of the molecule is CCCN1C(=O)/C(=C/c2c(N3C[C@@H](C)O[C@@H](C)C3)nc3c(C)cccn3c2=O)SC1=S. The maximum Gasteiger partial charge on any atom is 0.267 e. The van der Waals surface area contributed by atoms with Crippen molar-refractivity contribution < 1.29 is 9.53 Å². The molecule has 0 aliphatic carbocycles. The zero-order valence-corrected chi connectivity index (χ0v) is 19.8. The minimum absolute atomic E-state index is 0.0106. The zero-order valence-electron chi connectivity index (χ0n) is 18.1. The van der Waals surface area contributed by atoms with Crippen LogP contribution >= 0.6 is 24.0 Å². The second-order valence-electron chi connectivity index (χ2n) is 8.03. The molecule has 9 heteroatoms. The first-order chi connectivity index (χ1) is 14.8. The molecule has 4 heterocycles. The maximum atomic E-state index is 13.5. The summed E-state index contributed by atoms with van der Waals surface area (Å²) in [6.07, 6.45) is 4.21. The van der Waals surface area contributed by atoms with Gasteiger partial charge in [-0.15, -0.1) is 0 Å². The van der Waals surface area contributed by atoms with Crippen LogP contribution in [0.15, 0.2) is 28.0 Å². The van der Waals surface area contributed by atoms with E-state index in [0.29, 0.717) is 45.9 Å². The zero-order chi connectivity index (χ0) is 22.3. The molecule has 4 rings (SSSR count). The molecule has 2 aromatic heterocycles. The first kappa shape index (κ1) is 22.0. The van der Waals surface area contributed by atoms with E-state index in [1.165, 1.54) is 11.8 Å². The Bertz CT molecular complexity index is 1130. The van der Waals surface area contributed by atoms with Gasteiger partial charge in [-0.1, -0.05) is 37.0 Å². The first-order valence-electron chi connectivity index (χ1n) is 10.5. The van der Waals surface area contributed by atoms with Crippen molar-refractivity contribution in [1.82, 2.24) is 14.3 Å². The van der Waals surface area contributed by atoms with Gasteiger partial charge in [0.2, 0.25) is 0 Å².